The van der Waals surface area contributed by atoms with Crippen molar-refractivity contribution in [3.63, 3.8) is 0 Å². The molecule has 48 heavy (non-hydrogen) atoms. The monoisotopic (exact) mass is 662 g/mol. The van der Waals surface area contributed by atoms with Gasteiger partial charge in [-0.1, -0.05) is 66.7 Å². The quantitative estimate of drug-likeness (QED) is 0.140. The molecule has 0 spiro atoms. The van der Waals surface area contributed by atoms with Gasteiger partial charge >= 0.3 is 0 Å². The van der Waals surface area contributed by atoms with Gasteiger partial charge in [-0.05, 0) is 89.7 Å². The van der Waals surface area contributed by atoms with Crippen LogP contribution in [0.15, 0.2) is 91.0 Å². The van der Waals surface area contributed by atoms with E-state index in [2.05, 4.69) is 82.6 Å². The lowest BCUT2D eigenvalue weighted by Crippen LogP contribution is -2.35. The van der Waals surface area contributed by atoms with E-state index in [4.69, 9.17) is 14.2 Å². The van der Waals surface area contributed by atoms with Crippen molar-refractivity contribution < 1.29 is 19.3 Å². The molecule has 2 fully saturated rings. The second-order valence-corrected chi connectivity index (χ2v) is 14.1. The van der Waals surface area contributed by atoms with E-state index in [1.807, 2.05) is 29.5 Å². The second-order valence-electron chi connectivity index (χ2n) is 13.0. The molecule has 0 radical (unpaired) electrons. The number of morpholine rings is 1. The van der Waals surface area contributed by atoms with Gasteiger partial charge in [0, 0.05) is 47.4 Å². The van der Waals surface area contributed by atoms with Gasteiger partial charge in [-0.2, -0.15) is 0 Å². The number of nitrogens with zero attached hydrogens (tertiary/aromatic N) is 2. The van der Waals surface area contributed by atoms with E-state index in [1.165, 1.54) is 49.2 Å². The van der Waals surface area contributed by atoms with Crippen molar-refractivity contribution in [1.29, 1.82) is 0 Å². The van der Waals surface area contributed by atoms with Gasteiger partial charge in [0.1, 0.15) is 18.1 Å². The number of aliphatic hydroxyl groups is 1. The van der Waals surface area contributed by atoms with Gasteiger partial charge < -0.3 is 19.3 Å². The van der Waals surface area contributed by atoms with Crippen LogP contribution in [0.2, 0.25) is 0 Å². The van der Waals surface area contributed by atoms with Gasteiger partial charge in [-0.25, -0.2) is 0 Å². The van der Waals surface area contributed by atoms with Crippen LogP contribution < -0.4 is 9.47 Å². The first-order chi connectivity index (χ1) is 23.7. The second kappa shape index (κ2) is 15.7. The number of methoxy groups -OCH3 is 1. The van der Waals surface area contributed by atoms with Gasteiger partial charge in [0.2, 0.25) is 0 Å². The Morgan fingerprint density at radius 3 is 2.48 bits per heavy atom. The summed E-state index contributed by atoms with van der Waals surface area (Å²) in [4.78, 5) is 6.17. The molecule has 3 heterocycles. The molecular weight excluding hydrogens is 617 g/mol. The van der Waals surface area contributed by atoms with Crippen molar-refractivity contribution in [3.05, 3.63) is 119 Å². The molecule has 7 rings (SSSR count). The van der Waals surface area contributed by atoms with Crippen molar-refractivity contribution in [3.8, 4) is 21.9 Å². The van der Waals surface area contributed by atoms with Crippen LogP contribution in [0, 0.1) is 0 Å². The summed E-state index contributed by atoms with van der Waals surface area (Å²) < 4.78 is 18.9. The van der Waals surface area contributed by atoms with Gasteiger partial charge in [0.15, 0.2) is 0 Å². The third-order valence-corrected chi connectivity index (χ3v) is 11.1. The minimum absolute atomic E-state index is 0.259. The summed E-state index contributed by atoms with van der Waals surface area (Å²) in [6.45, 7) is 7.24. The lowest BCUT2D eigenvalue weighted by Gasteiger charge is -2.27. The van der Waals surface area contributed by atoms with E-state index in [0.717, 1.165) is 82.3 Å². The van der Waals surface area contributed by atoms with Gasteiger partial charge in [-0.15, -0.1) is 11.3 Å². The summed E-state index contributed by atoms with van der Waals surface area (Å²) >= 11 is 1.85. The number of likely N-dealkylation sites (tertiary alicyclic amines) is 1. The Bertz CT molecular complexity index is 1780. The number of benzene rings is 4. The Labute approximate surface area is 288 Å². The van der Waals surface area contributed by atoms with Gasteiger partial charge in [0.25, 0.3) is 0 Å². The van der Waals surface area contributed by atoms with Crippen molar-refractivity contribution >= 4 is 21.4 Å². The fourth-order valence-electron chi connectivity index (χ4n) is 7.10. The van der Waals surface area contributed by atoms with Crippen LogP contribution in [0.1, 0.15) is 40.7 Å². The molecule has 0 aliphatic carbocycles. The average molecular weight is 663 g/mol. The Hall–Kier alpha value is -3.72. The van der Waals surface area contributed by atoms with Crippen LogP contribution >= 0.6 is 11.3 Å². The molecule has 2 saturated heterocycles. The predicted octanol–water partition coefficient (Wildman–Crippen LogP) is 7.58. The number of rotatable bonds is 13. The smallest absolute Gasteiger partial charge is 0.123 e. The Kier molecular flexibility index (Phi) is 10.7. The molecule has 7 heteroatoms. The van der Waals surface area contributed by atoms with Crippen LogP contribution in [-0.2, 0) is 30.7 Å². The minimum Gasteiger partial charge on any atom is -0.496 e. The van der Waals surface area contributed by atoms with Crippen molar-refractivity contribution in [2.75, 3.05) is 53.1 Å². The topological polar surface area (TPSA) is 54.4 Å². The molecule has 250 valence electrons. The van der Waals surface area contributed by atoms with Crippen molar-refractivity contribution in [1.82, 2.24) is 9.80 Å². The maximum atomic E-state index is 9.74. The number of fused-ring (bicyclic) bond motifs is 1. The van der Waals surface area contributed by atoms with E-state index in [1.54, 1.807) is 7.11 Å². The maximum Gasteiger partial charge on any atom is 0.123 e. The lowest BCUT2D eigenvalue weighted by molar-refractivity contribution is 0.0339. The van der Waals surface area contributed by atoms with E-state index in [-0.39, 0.29) is 6.61 Å². The molecule has 0 saturated carbocycles. The van der Waals surface area contributed by atoms with E-state index in [0.29, 0.717) is 12.6 Å². The fraction of sp³-hybridized carbons (Fsp3) is 0.366. The summed E-state index contributed by atoms with van der Waals surface area (Å²) in [6.07, 6.45) is 4.09. The zero-order valence-corrected chi connectivity index (χ0v) is 28.7. The predicted molar refractivity (Wildman–Crippen MR) is 195 cm³/mol. The molecule has 0 bridgehead atoms. The number of aliphatic hydroxyl groups excluding tert-OH is 1. The third kappa shape index (κ3) is 7.77. The molecule has 0 amide bonds. The number of thiophene rings is 1. The minimum atomic E-state index is 0.259. The van der Waals surface area contributed by atoms with Crippen LogP contribution in [0.5, 0.6) is 11.5 Å². The van der Waals surface area contributed by atoms with Crippen LogP contribution in [0.3, 0.4) is 0 Å². The lowest BCUT2D eigenvalue weighted by atomic mass is 9.97. The molecule has 5 aromatic rings. The summed E-state index contributed by atoms with van der Waals surface area (Å²) in [7, 11) is 1.78. The SMILES string of the molecule is COc1cc(Cc2c(-c3ccc(CCN4CCC[C@H]4CO)cc3)sc3cc(OCc4ccccc4)ccc23)ccc1CN1CCOCC1. The highest BCUT2D eigenvalue weighted by Crippen LogP contribution is 2.42. The van der Waals surface area contributed by atoms with E-state index < -0.39 is 0 Å². The van der Waals surface area contributed by atoms with Crippen LogP contribution in [-0.4, -0.2) is 74.1 Å². The zero-order valence-electron chi connectivity index (χ0n) is 27.9. The van der Waals surface area contributed by atoms with Gasteiger partial charge in [0.05, 0.1) is 26.9 Å². The number of ether oxygens (including phenoxy) is 3. The third-order valence-electron chi connectivity index (χ3n) is 9.86. The highest BCUT2D eigenvalue weighted by Gasteiger charge is 2.23. The Morgan fingerprint density at radius 1 is 0.875 bits per heavy atom. The fourth-order valence-corrected chi connectivity index (χ4v) is 8.35. The highest BCUT2D eigenvalue weighted by atomic mass is 32.1. The van der Waals surface area contributed by atoms with Crippen LogP contribution in [0.4, 0.5) is 0 Å². The molecule has 6 nitrogen and oxygen atoms in total. The maximum absolute atomic E-state index is 9.74. The summed E-state index contributed by atoms with van der Waals surface area (Å²) in [5.41, 5.74) is 7.53. The summed E-state index contributed by atoms with van der Waals surface area (Å²) in [5, 5.41) is 11.0. The Morgan fingerprint density at radius 2 is 1.69 bits per heavy atom. The summed E-state index contributed by atoms with van der Waals surface area (Å²) in [6, 6.07) is 33.1. The summed E-state index contributed by atoms with van der Waals surface area (Å²) in [5.74, 6) is 1.83. The zero-order chi connectivity index (χ0) is 32.7. The molecule has 2 aliphatic rings. The van der Waals surface area contributed by atoms with E-state index >= 15 is 0 Å². The van der Waals surface area contributed by atoms with E-state index in [9.17, 15) is 5.11 Å². The highest BCUT2D eigenvalue weighted by molar-refractivity contribution is 7.22. The average Bonchev–Trinajstić information content (AvgIpc) is 3.75. The standard InChI is InChI=1S/C41H46N2O4S/c1-45-39-25-32(11-14-34(39)27-42-20-22-46-23-21-42)24-38-37-16-15-36(47-29-31-6-3-2-4-7-31)26-40(37)48-41(38)33-12-9-30(10-13-33)17-19-43-18-5-8-35(43)28-44/h2-4,6-7,9-16,25-26,35,44H,5,8,17-24,27-29H2,1H3/t35-/m0/s1. The number of hydrogen-bond acceptors (Lipinski definition) is 7. The molecule has 1 atom stereocenters. The first-order valence-electron chi connectivity index (χ1n) is 17.3. The first kappa shape index (κ1) is 32.8. The van der Waals surface area contributed by atoms with Crippen LogP contribution in [0.25, 0.3) is 20.5 Å². The molecule has 1 aromatic heterocycles. The van der Waals surface area contributed by atoms with Crippen molar-refractivity contribution in [2.24, 2.45) is 0 Å². The van der Waals surface area contributed by atoms with Crippen molar-refractivity contribution in [2.45, 2.75) is 44.9 Å². The normalized spacial score (nSPS) is 17.2. The molecule has 4 aromatic carbocycles. The molecule has 1 N–H and O–H groups in total. The Balaban J connectivity index is 1.16. The molecular formula is C41H46N2O4S. The number of hydrogen-bond donors (Lipinski definition) is 1. The van der Waals surface area contributed by atoms with Gasteiger partial charge in [-0.3, -0.25) is 9.80 Å². The molecule has 2 aliphatic heterocycles. The first-order valence-corrected chi connectivity index (χ1v) is 18.1. The molecule has 0 unspecified atom stereocenters. The largest absolute Gasteiger partial charge is 0.496 e.